The average Bonchev–Trinajstić information content (AvgIpc) is 1.83. The Kier molecular flexibility index (Phi) is 4.94. The summed E-state index contributed by atoms with van der Waals surface area (Å²) in [6.07, 6.45) is 1.00. The lowest BCUT2D eigenvalue weighted by molar-refractivity contribution is 0.497. The summed E-state index contributed by atoms with van der Waals surface area (Å²) in [7, 11) is 0. The van der Waals surface area contributed by atoms with Gasteiger partial charge < -0.3 is 4.55 Å². The molecule has 9 heavy (non-hydrogen) atoms. The van der Waals surface area contributed by atoms with E-state index in [1.165, 1.54) is 0 Å². The lowest BCUT2D eigenvalue weighted by atomic mass is 10.1. The van der Waals surface area contributed by atoms with Crippen molar-refractivity contribution in [3.8, 4) is 0 Å². The molecule has 4 heteroatoms. The molecular weight excluding hydrogens is 138 g/mol. The molecule has 0 spiro atoms. The molecular formula is C5H12NO2S-. The molecule has 2 unspecified atom stereocenters. The fourth-order valence-electron chi connectivity index (χ4n) is 0.355. The smallest absolute Gasteiger partial charge is 0.0181 e. The van der Waals surface area contributed by atoms with Gasteiger partial charge in [-0.3, -0.25) is 4.21 Å². The molecule has 0 aliphatic heterocycles. The summed E-state index contributed by atoms with van der Waals surface area (Å²) in [4.78, 5) is 0. The topological polar surface area (TPSA) is 52.2 Å². The summed E-state index contributed by atoms with van der Waals surface area (Å²) in [6.45, 7) is 4.58. The summed E-state index contributed by atoms with van der Waals surface area (Å²) in [5, 5.41) is 0. The van der Waals surface area contributed by atoms with E-state index in [4.69, 9.17) is 0 Å². The Morgan fingerprint density at radius 3 is 2.67 bits per heavy atom. The molecule has 56 valence electrons. The van der Waals surface area contributed by atoms with E-state index in [2.05, 4.69) is 4.72 Å². The molecule has 0 radical (unpaired) electrons. The minimum absolute atomic E-state index is 0.433. The van der Waals surface area contributed by atoms with E-state index < -0.39 is 11.3 Å². The molecule has 0 rings (SSSR count). The van der Waals surface area contributed by atoms with Crippen molar-refractivity contribution in [2.24, 2.45) is 5.92 Å². The summed E-state index contributed by atoms with van der Waals surface area (Å²) in [6, 6.07) is 0. The Hall–Kier alpha value is 0.0700. The van der Waals surface area contributed by atoms with Crippen LogP contribution in [0.15, 0.2) is 0 Å². The molecule has 0 aliphatic carbocycles. The average molecular weight is 150 g/mol. The van der Waals surface area contributed by atoms with Gasteiger partial charge in [-0.05, 0) is 5.92 Å². The third-order valence-corrected chi connectivity index (χ3v) is 1.65. The molecule has 0 saturated carbocycles. The molecule has 0 heterocycles. The predicted octanol–water partition coefficient (Wildman–Crippen LogP) is 0.416. The van der Waals surface area contributed by atoms with E-state index in [0.29, 0.717) is 12.5 Å². The fourth-order valence-corrected chi connectivity index (χ4v) is 0.775. The Balaban J connectivity index is 3.16. The predicted molar refractivity (Wildman–Crippen MR) is 36.4 cm³/mol. The zero-order valence-electron chi connectivity index (χ0n) is 5.72. The highest BCUT2D eigenvalue weighted by atomic mass is 32.2. The lowest BCUT2D eigenvalue weighted by Crippen LogP contribution is -2.22. The minimum Gasteiger partial charge on any atom is -0.760 e. The second-order valence-corrected chi connectivity index (χ2v) is 2.85. The van der Waals surface area contributed by atoms with Crippen molar-refractivity contribution in [2.75, 3.05) is 6.54 Å². The maximum absolute atomic E-state index is 9.91. The maximum Gasteiger partial charge on any atom is 0.0181 e. The van der Waals surface area contributed by atoms with Gasteiger partial charge in [-0.15, -0.1) is 0 Å². The standard InChI is InChI=1S/C5H13NO2S/c1-3-5(2)4-6-9(7)8/h5-6H,3-4H2,1-2H3,(H,7,8)/p-1. The van der Waals surface area contributed by atoms with E-state index >= 15 is 0 Å². The Labute approximate surface area is 58.3 Å². The first-order valence-electron chi connectivity index (χ1n) is 2.99. The van der Waals surface area contributed by atoms with Gasteiger partial charge in [-0.1, -0.05) is 20.3 Å². The van der Waals surface area contributed by atoms with Crippen molar-refractivity contribution in [3.63, 3.8) is 0 Å². The van der Waals surface area contributed by atoms with E-state index in [-0.39, 0.29) is 0 Å². The first-order valence-corrected chi connectivity index (χ1v) is 4.07. The third-order valence-electron chi connectivity index (χ3n) is 1.25. The molecule has 1 N–H and O–H groups in total. The minimum atomic E-state index is -2.09. The molecule has 0 aromatic heterocycles. The van der Waals surface area contributed by atoms with Crippen molar-refractivity contribution < 1.29 is 8.76 Å². The van der Waals surface area contributed by atoms with Crippen molar-refractivity contribution in [1.82, 2.24) is 4.72 Å². The van der Waals surface area contributed by atoms with Gasteiger partial charge in [-0.2, -0.15) is 0 Å². The van der Waals surface area contributed by atoms with Crippen molar-refractivity contribution in [2.45, 2.75) is 20.3 Å². The largest absolute Gasteiger partial charge is 0.760 e. The summed E-state index contributed by atoms with van der Waals surface area (Å²) >= 11 is -2.09. The van der Waals surface area contributed by atoms with Crippen LogP contribution in [0.25, 0.3) is 0 Å². The van der Waals surface area contributed by atoms with Gasteiger partial charge in [0, 0.05) is 17.8 Å². The van der Waals surface area contributed by atoms with Crippen LogP contribution >= 0.6 is 0 Å². The number of hydrogen-bond acceptors (Lipinski definition) is 2. The molecule has 2 atom stereocenters. The monoisotopic (exact) mass is 150 g/mol. The lowest BCUT2D eigenvalue weighted by Gasteiger charge is -2.10. The Morgan fingerprint density at radius 2 is 2.33 bits per heavy atom. The van der Waals surface area contributed by atoms with Gasteiger partial charge >= 0.3 is 0 Å². The van der Waals surface area contributed by atoms with Crippen LogP contribution in [0.1, 0.15) is 20.3 Å². The van der Waals surface area contributed by atoms with Crippen LogP contribution in [-0.4, -0.2) is 15.3 Å². The highest BCUT2D eigenvalue weighted by molar-refractivity contribution is 7.77. The van der Waals surface area contributed by atoms with E-state index in [9.17, 15) is 8.76 Å². The van der Waals surface area contributed by atoms with Crippen molar-refractivity contribution >= 4 is 11.3 Å². The molecule has 0 amide bonds. The molecule has 0 saturated heterocycles. The molecule has 0 fully saturated rings. The van der Waals surface area contributed by atoms with E-state index in [1.807, 2.05) is 13.8 Å². The number of nitrogens with one attached hydrogen (secondary N) is 1. The van der Waals surface area contributed by atoms with E-state index in [1.54, 1.807) is 0 Å². The summed E-state index contributed by atoms with van der Waals surface area (Å²) in [5.74, 6) is 0.433. The normalized spacial score (nSPS) is 17.2. The zero-order valence-corrected chi connectivity index (χ0v) is 6.53. The van der Waals surface area contributed by atoms with Gasteiger partial charge in [-0.25, -0.2) is 4.72 Å². The second kappa shape index (κ2) is 4.90. The van der Waals surface area contributed by atoms with Crippen LogP contribution in [0.5, 0.6) is 0 Å². The highest BCUT2D eigenvalue weighted by Gasteiger charge is 1.95. The summed E-state index contributed by atoms with van der Waals surface area (Å²) < 4.78 is 22.1. The number of hydrogen-bond donors (Lipinski definition) is 1. The molecule has 3 nitrogen and oxygen atoms in total. The maximum atomic E-state index is 9.91. The van der Waals surface area contributed by atoms with Crippen LogP contribution in [0, 0.1) is 5.92 Å². The van der Waals surface area contributed by atoms with Crippen LogP contribution in [-0.2, 0) is 11.3 Å². The van der Waals surface area contributed by atoms with Crippen molar-refractivity contribution in [3.05, 3.63) is 0 Å². The quantitative estimate of drug-likeness (QED) is 0.590. The van der Waals surface area contributed by atoms with Gasteiger partial charge in [0.1, 0.15) is 0 Å². The highest BCUT2D eigenvalue weighted by Crippen LogP contribution is 1.96. The van der Waals surface area contributed by atoms with Gasteiger partial charge in [0.2, 0.25) is 0 Å². The van der Waals surface area contributed by atoms with Crippen LogP contribution in [0.2, 0.25) is 0 Å². The molecule has 0 aliphatic rings. The van der Waals surface area contributed by atoms with Gasteiger partial charge in [0.05, 0.1) is 0 Å². The first-order chi connectivity index (χ1) is 4.16. The van der Waals surface area contributed by atoms with Gasteiger partial charge in [0.25, 0.3) is 0 Å². The third kappa shape index (κ3) is 5.95. The number of rotatable bonds is 4. The Bertz CT molecular complexity index is 97.0. The molecule has 0 aromatic carbocycles. The fraction of sp³-hybridized carbons (Fsp3) is 1.00. The van der Waals surface area contributed by atoms with Crippen molar-refractivity contribution in [1.29, 1.82) is 0 Å². The summed E-state index contributed by atoms with van der Waals surface area (Å²) in [5.41, 5.74) is 0. The van der Waals surface area contributed by atoms with Crippen LogP contribution in [0.4, 0.5) is 0 Å². The SMILES string of the molecule is CCC(C)CNS(=O)[O-]. The second-order valence-electron chi connectivity index (χ2n) is 2.10. The van der Waals surface area contributed by atoms with Gasteiger partial charge in [0.15, 0.2) is 0 Å². The molecule has 0 bridgehead atoms. The molecule has 0 aromatic rings. The van der Waals surface area contributed by atoms with E-state index in [0.717, 1.165) is 6.42 Å². The van der Waals surface area contributed by atoms with Crippen LogP contribution < -0.4 is 4.72 Å². The Morgan fingerprint density at radius 1 is 1.78 bits per heavy atom. The van der Waals surface area contributed by atoms with Crippen LogP contribution in [0.3, 0.4) is 0 Å². The first kappa shape index (κ1) is 9.07. The zero-order chi connectivity index (χ0) is 7.28.